The van der Waals surface area contributed by atoms with Crippen molar-refractivity contribution in [3.8, 4) is 0 Å². The molecular formula is C19H20FNO3. The average molecular weight is 329 g/mol. The molecule has 2 atom stereocenters. The van der Waals surface area contributed by atoms with Crippen molar-refractivity contribution in [1.29, 1.82) is 0 Å². The van der Waals surface area contributed by atoms with Gasteiger partial charge < -0.3 is 10.4 Å². The van der Waals surface area contributed by atoms with Gasteiger partial charge in [-0.1, -0.05) is 42.5 Å². The zero-order chi connectivity index (χ0) is 17.5. The zero-order valence-electron chi connectivity index (χ0n) is 13.4. The van der Waals surface area contributed by atoms with E-state index in [9.17, 15) is 19.1 Å². The van der Waals surface area contributed by atoms with Crippen LogP contribution < -0.4 is 5.32 Å². The Morgan fingerprint density at radius 2 is 1.83 bits per heavy atom. The molecule has 0 spiro atoms. The third kappa shape index (κ3) is 4.91. The maximum Gasteiger partial charge on any atom is 0.308 e. The van der Waals surface area contributed by atoms with Crippen LogP contribution in [0.1, 0.15) is 24.0 Å². The second kappa shape index (κ2) is 8.24. The molecule has 2 N–H and O–H groups in total. The van der Waals surface area contributed by atoms with Crippen LogP contribution in [0.25, 0.3) is 0 Å². The molecule has 0 radical (unpaired) electrons. The number of carbonyl (C=O) groups is 2. The van der Waals surface area contributed by atoms with Crippen LogP contribution in [0, 0.1) is 11.7 Å². The van der Waals surface area contributed by atoms with Crippen molar-refractivity contribution in [3.63, 3.8) is 0 Å². The van der Waals surface area contributed by atoms with Gasteiger partial charge in [-0.2, -0.15) is 0 Å². The highest BCUT2D eigenvalue weighted by Crippen LogP contribution is 2.15. The maximum atomic E-state index is 13.2. The number of carbonyl (C=O) groups excluding carboxylic acids is 1. The monoisotopic (exact) mass is 329 g/mol. The number of rotatable bonds is 7. The van der Waals surface area contributed by atoms with Crippen LogP contribution in [0.2, 0.25) is 0 Å². The van der Waals surface area contributed by atoms with Gasteiger partial charge >= 0.3 is 5.97 Å². The molecule has 0 bridgehead atoms. The average Bonchev–Trinajstić information content (AvgIpc) is 2.58. The van der Waals surface area contributed by atoms with Crippen LogP contribution >= 0.6 is 0 Å². The summed E-state index contributed by atoms with van der Waals surface area (Å²) in [7, 11) is 0. The molecule has 4 nitrogen and oxygen atoms in total. The molecule has 126 valence electrons. The Labute approximate surface area is 140 Å². The summed E-state index contributed by atoms with van der Waals surface area (Å²) in [5.41, 5.74) is 1.46. The molecule has 0 aliphatic rings. The van der Waals surface area contributed by atoms with E-state index >= 15 is 0 Å². The second-order valence-electron chi connectivity index (χ2n) is 5.75. The summed E-state index contributed by atoms with van der Waals surface area (Å²) in [4.78, 5) is 23.6. The van der Waals surface area contributed by atoms with Crippen LogP contribution in [-0.2, 0) is 16.0 Å². The number of amides is 1. The minimum atomic E-state index is -1.02. The van der Waals surface area contributed by atoms with Gasteiger partial charge in [0.25, 0.3) is 0 Å². The standard InChI is InChI=1S/C19H20FNO3/c1-13(15-7-3-2-4-8-15)18(22)21-12-16(19(23)24)10-14-6-5-9-17(20)11-14/h2-9,11,13,16H,10,12H2,1H3,(H,21,22)(H,23,24). The quantitative estimate of drug-likeness (QED) is 0.821. The molecular weight excluding hydrogens is 309 g/mol. The Balaban J connectivity index is 1.96. The highest BCUT2D eigenvalue weighted by Gasteiger charge is 2.21. The summed E-state index contributed by atoms with van der Waals surface area (Å²) in [5.74, 6) is -2.83. The Morgan fingerprint density at radius 1 is 1.12 bits per heavy atom. The lowest BCUT2D eigenvalue weighted by atomic mass is 9.97. The first-order valence-corrected chi connectivity index (χ1v) is 7.77. The molecule has 0 aliphatic carbocycles. The Kier molecular flexibility index (Phi) is 6.07. The topological polar surface area (TPSA) is 66.4 Å². The summed E-state index contributed by atoms with van der Waals surface area (Å²) in [6.45, 7) is 1.77. The van der Waals surface area contributed by atoms with Gasteiger partial charge in [0.15, 0.2) is 0 Å². The lowest BCUT2D eigenvalue weighted by Crippen LogP contribution is -2.36. The molecule has 2 aromatic rings. The molecule has 0 aromatic heterocycles. The van der Waals surface area contributed by atoms with E-state index in [-0.39, 0.29) is 24.8 Å². The number of carboxylic acid groups (broad SMARTS) is 1. The van der Waals surface area contributed by atoms with Gasteiger partial charge in [0, 0.05) is 6.54 Å². The van der Waals surface area contributed by atoms with Crippen molar-refractivity contribution in [1.82, 2.24) is 5.32 Å². The van der Waals surface area contributed by atoms with Crippen molar-refractivity contribution in [3.05, 3.63) is 71.5 Å². The summed E-state index contributed by atoms with van der Waals surface area (Å²) in [6, 6.07) is 15.1. The number of halogens is 1. The van der Waals surface area contributed by atoms with Gasteiger partial charge in [0.2, 0.25) is 5.91 Å². The van der Waals surface area contributed by atoms with Crippen LogP contribution in [0.15, 0.2) is 54.6 Å². The van der Waals surface area contributed by atoms with Gasteiger partial charge in [-0.25, -0.2) is 4.39 Å². The molecule has 2 rings (SSSR count). The molecule has 0 fully saturated rings. The van der Waals surface area contributed by atoms with Crippen molar-refractivity contribution in [2.24, 2.45) is 5.92 Å². The van der Waals surface area contributed by atoms with Crippen LogP contribution in [0.4, 0.5) is 4.39 Å². The van der Waals surface area contributed by atoms with E-state index in [1.165, 1.54) is 12.1 Å². The van der Waals surface area contributed by atoms with E-state index in [1.54, 1.807) is 19.1 Å². The fourth-order valence-corrected chi connectivity index (χ4v) is 2.47. The van der Waals surface area contributed by atoms with Gasteiger partial charge in [-0.05, 0) is 36.6 Å². The highest BCUT2D eigenvalue weighted by molar-refractivity contribution is 5.83. The molecule has 0 saturated heterocycles. The van der Waals surface area contributed by atoms with Gasteiger partial charge in [0.05, 0.1) is 11.8 Å². The van der Waals surface area contributed by atoms with E-state index in [0.717, 1.165) is 5.56 Å². The number of aliphatic carboxylic acids is 1. The third-order valence-electron chi connectivity index (χ3n) is 3.94. The number of hydrogen-bond donors (Lipinski definition) is 2. The molecule has 0 aliphatic heterocycles. The van der Waals surface area contributed by atoms with E-state index < -0.39 is 17.7 Å². The smallest absolute Gasteiger partial charge is 0.308 e. The minimum absolute atomic E-state index is 0.00184. The summed E-state index contributed by atoms with van der Waals surface area (Å²) in [6.07, 6.45) is 0.160. The Morgan fingerprint density at radius 3 is 2.46 bits per heavy atom. The maximum absolute atomic E-state index is 13.2. The predicted molar refractivity (Wildman–Crippen MR) is 89.1 cm³/mol. The summed E-state index contributed by atoms with van der Waals surface area (Å²) >= 11 is 0. The van der Waals surface area contributed by atoms with Gasteiger partial charge in [-0.3, -0.25) is 9.59 Å². The van der Waals surface area contributed by atoms with Crippen LogP contribution in [-0.4, -0.2) is 23.5 Å². The van der Waals surface area contributed by atoms with Crippen LogP contribution in [0.3, 0.4) is 0 Å². The molecule has 1 amide bonds. The SMILES string of the molecule is CC(C(=O)NCC(Cc1cccc(F)c1)C(=O)O)c1ccccc1. The first-order valence-electron chi connectivity index (χ1n) is 7.77. The minimum Gasteiger partial charge on any atom is -0.481 e. The molecule has 2 unspecified atom stereocenters. The van der Waals surface area contributed by atoms with Crippen molar-refractivity contribution in [2.45, 2.75) is 19.3 Å². The Bertz CT molecular complexity index is 703. The van der Waals surface area contributed by atoms with E-state index in [2.05, 4.69) is 5.32 Å². The van der Waals surface area contributed by atoms with Crippen molar-refractivity contribution >= 4 is 11.9 Å². The lowest BCUT2D eigenvalue weighted by Gasteiger charge is -2.16. The molecule has 0 saturated carbocycles. The first-order chi connectivity index (χ1) is 11.5. The molecule has 2 aromatic carbocycles. The van der Waals surface area contributed by atoms with Gasteiger partial charge in [-0.15, -0.1) is 0 Å². The second-order valence-corrected chi connectivity index (χ2v) is 5.75. The Hall–Kier alpha value is -2.69. The molecule has 0 heterocycles. The molecule has 24 heavy (non-hydrogen) atoms. The fourth-order valence-electron chi connectivity index (χ4n) is 2.47. The van der Waals surface area contributed by atoms with E-state index in [0.29, 0.717) is 5.56 Å². The van der Waals surface area contributed by atoms with Gasteiger partial charge in [0.1, 0.15) is 5.82 Å². The number of hydrogen-bond acceptors (Lipinski definition) is 2. The third-order valence-corrected chi connectivity index (χ3v) is 3.94. The van der Waals surface area contributed by atoms with Crippen molar-refractivity contribution < 1.29 is 19.1 Å². The lowest BCUT2D eigenvalue weighted by molar-refractivity contribution is -0.141. The van der Waals surface area contributed by atoms with Crippen molar-refractivity contribution in [2.75, 3.05) is 6.54 Å². The van der Waals surface area contributed by atoms with E-state index in [1.807, 2.05) is 30.3 Å². The number of benzene rings is 2. The fraction of sp³-hybridized carbons (Fsp3) is 0.263. The zero-order valence-corrected chi connectivity index (χ0v) is 13.4. The number of nitrogens with one attached hydrogen (secondary N) is 1. The van der Waals surface area contributed by atoms with E-state index in [4.69, 9.17) is 0 Å². The summed E-state index contributed by atoms with van der Waals surface area (Å²) in [5, 5.41) is 12.0. The number of carboxylic acids is 1. The highest BCUT2D eigenvalue weighted by atomic mass is 19.1. The first kappa shape index (κ1) is 17.7. The van der Waals surface area contributed by atoms with Crippen LogP contribution in [0.5, 0.6) is 0 Å². The molecule has 5 heteroatoms. The predicted octanol–water partition coefficient (Wildman–Crippen LogP) is 2.99. The largest absolute Gasteiger partial charge is 0.481 e. The normalized spacial score (nSPS) is 13.1. The summed E-state index contributed by atoms with van der Waals surface area (Å²) < 4.78 is 13.2.